The largest absolute Gasteiger partial charge is 0.379 e. The van der Waals surface area contributed by atoms with Crippen LogP contribution in [0.3, 0.4) is 0 Å². The van der Waals surface area contributed by atoms with Gasteiger partial charge in [0.25, 0.3) is 5.91 Å². The molecule has 176 valence electrons. The Morgan fingerprint density at radius 2 is 1.76 bits per heavy atom. The van der Waals surface area contributed by atoms with Crippen molar-refractivity contribution in [2.75, 3.05) is 39.4 Å². The number of benzene rings is 2. The fraction of sp³-hybridized carbons (Fsp3) is 0.357. The van der Waals surface area contributed by atoms with E-state index in [0.29, 0.717) is 17.8 Å². The highest BCUT2D eigenvalue weighted by atomic mass is 19.1. The third-order valence-electron chi connectivity index (χ3n) is 6.79. The fourth-order valence-electron chi connectivity index (χ4n) is 4.94. The molecule has 1 amide bonds. The van der Waals surface area contributed by atoms with Gasteiger partial charge in [-0.05, 0) is 48.7 Å². The number of likely N-dealkylation sites (tertiary alicyclic amines) is 1. The number of rotatable bonds is 5. The molecule has 0 spiro atoms. The number of piperidine rings is 1. The number of nitrogens with zero attached hydrogens (tertiary/aromatic N) is 3. The van der Waals surface area contributed by atoms with Crippen molar-refractivity contribution in [2.24, 2.45) is 0 Å². The maximum Gasteiger partial charge on any atom is 0.254 e. The van der Waals surface area contributed by atoms with Crippen LogP contribution in [0.2, 0.25) is 0 Å². The second-order valence-corrected chi connectivity index (χ2v) is 9.06. The number of aromatic nitrogens is 1. The van der Waals surface area contributed by atoms with Gasteiger partial charge in [0, 0.05) is 55.5 Å². The zero-order chi connectivity index (χ0) is 23.3. The van der Waals surface area contributed by atoms with Crippen LogP contribution < -0.4 is 0 Å². The SMILES string of the molecule is O=C(c1ccccc1CN1CCOCC1)N1CCC[C@H](c2cccc(-c3ccccc3F)n2)C1. The molecule has 0 N–H and O–H groups in total. The Morgan fingerprint density at radius 3 is 2.62 bits per heavy atom. The van der Waals surface area contributed by atoms with E-state index in [-0.39, 0.29) is 17.6 Å². The zero-order valence-electron chi connectivity index (χ0n) is 19.3. The van der Waals surface area contributed by atoms with E-state index in [0.717, 1.165) is 69.1 Å². The Hall–Kier alpha value is -3.09. The van der Waals surface area contributed by atoms with Gasteiger partial charge in [0.15, 0.2) is 0 Å². The van der Waals surface area contributed by atoms with Gasteiger partial charge in [0.1, 0.15) is 5.82 Å². The van der Waals surface area contributed by atoms with Gasteiger partial charge in [0.05, 0.1) is 18.9 Å². The smallest absolute Gasteiger partial charge is 0.254 e. The standard InChI is InChI=1S/C28H30FN3O2/c29-25-11-4-3-10-24(25)27-13-5-12-26(30-27)22-8-6-14-32(20-22)28(33)23-9-2-1-7-21(23)19-31-15-17-34-18-16-31/h1-5,7,9-13,22H,6,8,14-20H2/t22-/m0/s1. The summed E-state index contributed by atoms with van der Waals surface area (Å²) in [5.41, 5.74) is 3.90. The van der Waals surface area contributed by atoms with E-state index >= 15 is 0 Å². The van der Waals surface area contributed by atoms with E-state index in [1.807, 2.05) is 47.4 Å². The van der Waals surface area contributed by atoms with Gasteiger partial charge < -0.3 is 9.64 Å². The quantitative estimate of drug-likeness (QED) is 0.553. The molecule has 3 heterocycles. The number of carbonyl (C=O) groups is 1. The summed E-state index contributed by atoms with van der Waals surface area (Å²) in [6.07, 6.45) is 1.89. The predicted molar refractivity (Wildman–Crippen MR) is 130 cm³/mol. The van der Waals surface area contributed by atoms with Gasteiger partial charge >= 0.3 is 0 Å². The third kappa shape index (κ3) is 5.03. The molecule has 3 aromatic rings. The minimum atomic E-state index is -0.274. The van der Waals surface area contributed by atoms with Crippen LogP contribution in [-0.2, 0) is 11.3 Å². The highest BCUT2D eigenvalue weighted by molar-refractivity contribution is 5.95. The first-order chi connectivity index (χ1) is 16.7. The highest BCUT2D eigenvalue weighted by Gasteiger charge is 2.28. The molecule has 0 aliphatic carbocycles. The van der Waals surface area contributed by atoms with Crippen LogP contribution >= 0.6 is 0 Å². The molecule has 2 fully saturated rings. The number of pyridine rings is 1. The Kier molecular flexibility index (Phi) is 6.97. The average Bonchev–Trinajstić information content (AvgIpc) is 2.90. The van der Waals surface area contributed by atoms with E-state index in [1.165, 1.54) is 6.07 Å². The van der Waals surface area contributed by atoms with Crippen molar-refractivity contribution in [1.29, 1.82) is 0 Å². The summed E-state index contributed by atoms with van der Waals surface area (Å²) in [7, 11) is 0. The molecule has 0 radical (unpaired) electrons. The molecule has 5 nitrogen and oxygen atoms in total. The Bertz CT molecular complexity index is 1150. The van der Waals surface area contributed by atoms with Crippen LogP contribution in [-0.4, -0.2) is 60.1 Å². The molecule has 0 bridgehead atoms. The van der Waals surface area contributed by atoms with Gasteiger partial charge in [-0.15, -0.1) is 0 Å². The zero-order valence-corrected chi connectivity index (χ0v) is 19.3. The average molecular weight is 460 g/mol. The van der Waals surface area contributed by atoms with Crippen LogP contribution in [0.15, 0.2) is 66.7 Å². The Labute approximate surface area is 200 Å². The molecular weight excluding hydrogens is 429 g/mol. The Morgan fingerprint density at radius 1 is 0.971 bits per heavy atom. The Balaban J connectivity index is 1.33. The van der Waals surface area contributed by atoms with E-state index in [9.17, 15) is 9.18 Å². The van der Waals surface area contributed by atoms with Gasteiger partial charge in [-0.1, -0.05) is 36.4 Å². The molecule has 0 saturated carbocycles. The first kappa shape index (κ1) is 22.7. The molecule has 2 aliphatic rings. The number of halogens is 1. The number of carbonyl (C=O) groups excluding carboxylic acids is 1. The van der Waals surface area contributed by atoms with Crippen molar-refractivity contribution in [3.05, 3.63) is 89.4 Å². The summed E-state index contributed by atoms with van der Waals surface area (Å²) in [6, 6.07) is 20.4. The maximum absolute atomic E-state index is 14.3. The number of amides is 1. The first-order valence-electron chi connectivity index (χ1n) is 12.1. The lowest BCUT2D eigenvalue weighted by Crippen LogP contribution is -2.40. The van der Waals surface area contributed by atoms with Crippen molar-refractivity contribution in [3.8, 4) is 11.3 Å². The van der Waals surface area contributed by atoms with Gasteiger partial charge in [-0.25, -0.2) is 4.39 Å². The van der Waals surface area contributed by atoms with Crippen molar-refractivity contribution in [1.82, 2.24) is 14.8 Å². The molecule has 2 saturated heterocycles. The van der Waals surface area contributed by atoms with Gasteiger partial charge in [-0.2, -0.15) is 0 Å². The second-order valence-electron chi connectivity index (χ2n) is 9.06. The summed E-state index contributed by atoms with van der Waals surface area (Å²) < 4.78 is 19.8. The second kappa shape index (κ2) is 10.5. The number of hydrogen-bond acceptors (Lipinski definition) is 4. The van der Waals surface area contributed by atoms with Crippen LogP contribution in [0, 0.1) is 5.82 Å². The van der Waals surface area contributed by atoms with Crippen molar-refractivity contribution < 1.29 is 13.9 Å². The van der Waals surface area contributed by atoms with Crippen molar-refractivity contribution in [3.63, 3.8) is 0 Å². The van der Waals surface area contributed by atoms with E-state index in [2.05, 4.69) is 11.0 Å². The number of hydrogen-bond donors (Lipinski definition) is 0. The van der Waals surface area contributed by atoms with E-state index in [1.54, 1.807) is 12.1 Å². The van der Waals surface area contributed by atoms with Crippen LogP contribution in [0.1, 0.15) is 40.4 Å². The molecule has 5 rings (SSSR count). The topological polar surface area (TPSA) is 45.7 Å². The molecule has 6 heteroatoms. The lowest BCUT2D eigenvalue weighted by molar-refractivity contribution is 0.0339. The molecular formula is C28H30FN3O2. The summed E-state index contributed by atoms with van der Waals surface area (Å²) in [5.74, 6) is -0.0564. The van der Waals surface area contributed by atoms with E-state index < -0.39 is 0 Å². The summed E-state index contributed by atoms with van der Waals surface area (Å²) >= 11 is 0. The molecule has 1 aromatic heterocycles. The third-order valence-corrected chi connectivity index (χ3v) is 6.79. The van der Waals surface area contributed by atoms with Gasteiger partial charge in [-0.3, -0.25) is 14.7 Å². The summed E-state index contributed by atoms with van der Waals surface area (Å²) in [4.78, 5) is 22.7. The predicted octanol–water partition coefficient (Wildman–Crippen LogP) is 4.74. The molecule has 34 heavy (non-hydrogen) atoms. The minimum absolute atomic E-state index is 0.0822. The van der Waals surface area contributed by atoms with Crippen LogP contribution in [0.5, 0.6) is 0 Å². The monoisotopic (exact) mass is 459 g/mol. The van der Waals surface area contributed by atoms with Crippen molar-refractivity contribution >= 4 is 5.91 Å². The number of ether oxygens (including phenoxy) is 1. The van der Waals surface area contributed by atoms with E-state index in [4.69, 9.17) is 9.72 Å². The molecule has 1 atom stereocenters. The molecule has 0 unspecified atom stereocenters. The summed E-state index contributed by atoms with van der Waals surface area (Å²) in [5, 5.41) is 0. The number of morpholine rings is 1. The first-order valence-corrected chi connectivity index (χ1v) is 12.1. The highest BCUT2D eigenvalue weighted by Crippen LogP contribution is 2.29. The minimum Gasteiger partial charge on any atom is -0.379 e. The molecule has 2 aliphatic heterocycles. The van der Waals surface area contributed by atoms with Crippen LogP contribution in [0.25, 0.3) is 11.3 Å². The van der Waals surface area contributed by atoms with Gasteiger partial charge in [0.2, 0.25) is 0 Å². The normalized spacial score (nSPS) is 19.2. The molecule has 2 aromatic carbocycles. The lowest BCUT2D eigenvalue weighted by atomic mass is 9.93. The maximum atomic E-state index is 14.3. The summed E-state index contributed by atoms with van der Waals surface area (Å²) in [6.45, 7) is 5.38. The lowest BCUT2D eigenvalue weighted by Gasteiger charge is -2.33. The fourth-order valence-corrected chi connectivity index (χ4v) is 4.94. The van der Waals surface area contributed by atoms with Crippen molar-refractivity contribution in [2.45, 2.75) is 25.3 Å². The van der Waals surface area contributed by atoms with Crippen LogP contribution in [0.4, 0.5) is 4.39 Å².